The number of amides is 2. The van der Waals surface area contributed by atoms with Crippen LogP contribution in [0.3, 0.4) is 0 Å². The van der Waals surface area contributed by atoms with Crippen molar-refractivity contribution in [2.75, 3.05) is 11.9 Å². The first kappa shape index (κ1) is 18.2. The first-order chi connectivity index (χ1) is 13.1. The fourth-order valence-corrected chi connectivity index (χ4v) is 2.69. The van der Waals surface area contributed by atoms with Crippen molar-refractivity contribution < 1.29 is 14.3 Å². The van der Waals surface area contributed by atoms with Gasteiger partial charge in [0.1, 0.15) is 5.75 Å². The highest BCUT2D eigenvalue weighted by Gasteiger charge is 2.14. The number of hydrogen-bond donors (Lipinski definition) is 2. The average Bonchev–Trinajstić information content (AvgIpc) is 3.12. The second-order valence-electron chi connectivity index (χ2n) is 5.83. The molecule has 0 bridgehead atoms. The predicted octanol–water partition coefficient (Wildman–Crippen LogP) is 2.55. The minimum atomic E-state index is -0.500. The van der Waals surface area contributed by atoms with Gasteiger partial charge in [-0.25, -0.2) is 4.68 Å². The van der Waals surface area contributed by atoms with Gasteiger partial charge >= 0.3 is 0 Å². The van der Waals surface area contributed by atoms with Crippen LogP contribution in [0.4, 0.5) is 5.69 Å². The third-order valence-corrected chi connectivity index (χ3v) is 3.98. The number of ether oxygens (including phenoxy) is 1. The van der Waals surface area contributed by atoms with Crippen LogP contribution in [0.1, 0.15) is 23.0 Å². The largest absolute Gasteiger partial charge is 0.484 e. The van der Waals surface area contributed by atoms with Crippen molar-refractivity contribution in [3.05, 3.63) is 72.1 Å². The molecule has 0 radical (unpaired) electrons. The molecule has 0 aliphatic carbocycles. The number of nitrogens with zero attached hydrogens (tertiary/aromatic N) is 2. The van der Waals surface area contributed by atoms with Crippen LogP contribution in [-0.2, 0) is 11.2 Å². The number of nitrogens with two attached hydrogens (primary N) is 1. The zero-order chi connectivity index (χ0) is 19.2. The maximum atomic E-state index is 12.0. The highest BCUT2D eigenvalue weighted by Crippen LogP contribution is 2.18. The summed E-state index contributed by atoms with van der Waals surface area (Å²) >= 11 is 0. The molecule has 3 N–H and O–H groups in total. The molecule has 2 amide bonds. The van der Waals surface area contributed by atoms with Gasteiger partial charge in [-0.1, -0.05) is 25.1 Å². The fraction of sp³-hybridized carbons (Fsp3) is 0.150. The Labute approximate surface area is 156 Å². The molecular formula is C20H20N4O3. The molecule has 0 atom stereocenters. The maximum Gasteiger partial charge on any atom is 0.262 e. The highest BCUT2D eigenvalue weighted by molar-refractivity contribution is 5.94. The standard InChI is InChI=1S/C20H20N4O3/c1-2-18-17(20(21)26)12-22-24(18)15-10-8-14(9-11-15)23-19(25)13-27-16-6-4-3-5-7-16/h3-12H,2,13H2,1H3,(H2,21,26)(H,23,25). The van der Waals surface area contributed by atoms with Crippen molar-refractivity contribution in [1.82, 2.24) is 9.78 Å². The lowest BCUT2D eigenvalue weighted by Gasteiger charge is -2.10. The van der Waals surface area contributed by atoms with Crippen LogP contribution in [0, 0.1) is 0 Å². The topological polar surface area (TPSA) is 99.2 Å². The van der Waals surface area contributed by atoms with E-state index < -0.39 is 5.91 Å². The number of nitrogens with one attached hydrogen (secondary N) is 1. The lowest BCUT2D eigenvalue weighted by molar-refractivity contribution is -0.118. The second kappa shape index (κ2) is 8.18. The summed E-state index contributed by atoms with van der Waals surface area (Å²) < 4.78 is 7.09. The lowest BCUT2D eigenvalue weighted by Crippen LogP contribution is -2.20. The Hall–Kier alpha value is -3.61. The van der Waals surface area contributed by atoms with Gasteiger partial charge in [0.2, 0.25) is 0 Å². The molecule has 0 aliphatic heterocycles. The van der Waals surface area contributed by atoms with Crippen molar-refractivity contribution in [3.8, 4) is 11.4 Å². The second-order valence-corrected chi connectivity index (χ2v) is 5.83. The fourth-order valence-electron chi connectivity index (χ4n) is 2.69. The molecule has 0 spiro atoms. The monoisotopic (exact) mass is 364 g/mol. The van der Waals surface area contributed by atoms with Gasteiger partial charge in [0.05, 0.1) is 23.1 Å². The molecule has 2 aromatic carbocycles. The Balaban J connectivity index is 1.65. The van der Waals surface area contributed by atoms with Crippen LogP contribution in [0.15, 0.2) is 60.8 Å². The van der Waals surface area contributed by atoms with Crippen molar-refractivity contribution in [2.24, 2.45) is 5.73 Å². The van der Waals surface area contributed by atoms with Crippen LogP contribution in [0.2, 0.25) is 0 Å². The molecule has 0 unspecified atom stereocenters. The number of para-hydroxylation sites is 1. The first-order valence-corrected chi connectivity index (χ1v) is 8.53. The Morgan fingerprint density at radius 2 is 1.81 bits per heavy atom. The number of carbonyl (C=O) groups is 2. The maximum absolute atomic E-state index is 12.0. The Kier molecular flexibility index (Phi) is 5.51. The summed E-state index contributed by atoms with van der Waals surface area (Å²) in [5.74, 6) is -0.115. The molecule has 1 aromatic heterocycles. The van der Waals surface area contributed by atoms with E-state index in [-0.39, 0.29) is 12.5 Å². The third-order valence-electron chi connectivity index (χ3n) is 3.98. The minimum Gasteiger partial charge on any atom is -0.484 e. The normalized spacial score (nSPS) is 10.4. The van der Waals surface area contributed by atoms with Crippen molar-refractivity contribution >= 4 is 17.5 Å². The van der Waals surface area contributed by atoms with Crippen LogP contribution in [-0.4, -0.2) is 28.2 Å². The van der Waals surface area contributed by atoms with E-state index in [1.807, 2.05) is 37.3 Å². The number of anilines is 1. The van der Waals surface area contributed by atoms with Gasteiger partial charge in [0, 0.05) is 5.69 Å². The lowest BCUT2D eigenvalue weighted by atomic mass is 10.2. The summed E-state index contributed by atoms with van der Waals surface area (Å²) in [7, 11) is 0. The Bertz CT molecular complexity index is 934. The molecule has 138 valence electrons. The molecule has 3 aromatic rings. The highest BCUT2D eigenvalue weighted by atomic mass is 16.5. The zero-order valence-corrected chi connectivity index (χ0v) is 14.9. The average molecular weight is 364 g/mol. The third kappa shape index (κ3) is 4.33. The van der Waals surface area contributed by atoms with Gasteiger partial charge in [-0.15, -0.1) is 0 Å². The van der Waals surface area contributed by atoms with E-state index in [2.05, 4.69) is 10.4 Å². The van der Waals surface area contributed by atoms with E-state index in [9.17, 15) is 9.59 Å². The Morgan fingerprint density at radius 1 is 1.11 bits per heavy atom. The van der Waals surface area contributed by atoms with Crippen LogP contribution < -0.4 is 15.8 Å². The molecule has 1 heterocycles. The van der Waals surface area contributed by atoms with Crippen molar-refractivity contribution in [2.45, 2.75) is 13.3 Å². The van der Waals surface area contributed by atoms with Crippen LogP contribution in [0.5, 0.6) is 5.75 Å². The molecule has 3 rings (SSSR count). The summed E-state index contributed by atoms with van der Waals surface area (Å²) in [5, 5.41) is 7.02. The van der Waals surface area contributed by atoms with Gasteiger partial charge in [-0.2, -0.15) is 5.10 Å². The number of hydrogen-bond acceptors (Lipinski definition) is 4. The van der Waals surface area contributed by atoms with Crippen molar-refractivity contribution in [1.29, 1.82) is 0 Å². The van der Waals surface area contributed by atoms with E-state index in [1.54, 1.807) is 28.9 Å². The molecular weight excluding hydrogens is 344 g/mol. The summed E-state index contributed by atoms with van der Waals surface area (Å²) in [5.41, 5.74) is 7.95. The molecule has 7 heteroatoms. The van der Waals surface area contributed by atoms with Gasteiger partial charge in [0.25, 0.3) is 11.8 Å². The molecule has 0 fully saturated rings. The van der Waals surface area contributed by atoms with Gasteiger partial charge in [-0.3, -0.25) is 9.59 Å². The number of carbonyl (C=O) groups excluding carboxylic acids is 2. The number of primary amides is 1. The smallest absolute Gasteiger partial charge is 0.262 e. The summed E-state index contributed by atoms with van der Waals surface area (Å²) in [6.45, 7) is 1.86. The molecule has 0 saturated carbocycles. The van der Waals surface area contributed by atoms with E-state index in [1.165, 1.54) is 6.20 Å². The van der Waals surface area contributed by atoms with Gasteiger partial charge in [0.15, 0.2) is 6.61 Å². The van der Waals surface area contributed by atoms with Crippen LogP contribution >= 0.6 is 0 Å². The van der Waals surface area contributed by atoms with E-state index >= 15 is 0 Å². The Morgan fingerprint density at radius 3 is 2.44 bits per heavy atom. The molecule has 0 aliphatic rings. The van der Waals surface area contributed by atoms with E-state index in [0.29, 0.717) is 23.4 Å². The summed E-state index contributed by atoms with van der Waals surface area (Å²) in [6, 6.07) is 16.3. The van der Waals surface area contributed by atoms with Crippen LogP contribution in [0.25, 0.3) is 5.69 Å². The first-order valence-electron chi connectivity index (χ1n) is 8.53. The van der Waals surface area contributed by atoms with Gasteiger partial charge in [-0.05, 0) is 42.8 Å². The van der Waals surface area contributed by atoms with Crippen molar-refractivity contribution in [3.63, 3.8) is 0 Å². The SMILES string of the molecule is CCc1c(C(N)=O)cnn1-c1ccc(NC(=O)COc2ccccc2)cc1. The molecule has 7 nitrogen and oxygen atoms in total. The molecule has 27 heavy (non-hydrogen) atoms. The quantitative estimate of drug-likeness (QED) is 0.673. The summed E-state index contributed by atoms with van der Waals surface area (Å²) in [4.78, 5) is 23.5. The minimum absolute atomic E-state index is 0.0765. The number of aromatic nitrogens is 2. The zero-order valence-electron chi connectivity index (χ0n) is 14.9. The van der Waals surface area contributed by atoms with E-state index in [0.717, 1.165) is 11.4 Å². The van der Waals surface area contributed by atoms with Gasteiger partial charge < -0.3 is 15.8 Å². The number of benzene rings is 2. The predicted molar refractivity (Wildman–Crippen MR) is 102 cm³/mol. The number of rotatable bonds is 7. The van der Waals surface area contributed by atoms with E-state index in [4.69, 9.17) is 10.5 Å². The summed E-state index contributed by atoms with van der Waals surface area (Å²) in [6.07, 6.45) is 2.09. The molecule has 0 saturated heterocycles.